The summed E-state index contributed by atoms with van der Waals surface area (Å²) in [5, 5.41) is 3.59. The second-order valence-electron chi connectivity index (χ2n) is 6.87. The van der Waals surface area contributed by atoms with Gasteiger partial charge in [-0.25, -0.2) is 0 Å². The summed E-state index contributed by atoms with van der Waals surface area (Å²) >= 11 is 0. The molecule has 0 aromatic rings. The van der Waals surface area contributed by atoms with Gasteiger partial charge in [-0.15, -0.1) is 0 Å². The van der Waals surface area contributed by atoms with Crippen LogP contribution in [0.1, 0.15) is 47.5 Å². The Labute approximate surface area is 108 Å². The Morgan fingerprint density at radius 2 is 2.00 bits per heavy atom. The van der Waals surface area contributed by atoms with Gasteiger partial charge in [0.25, 0.3) is 0 Å². The van der Waals surface area contributed by atoms with Crippen molar-refractivity contribution in [3.05, 3.63) is 0 Å². The molecule has 0 saturated heterocycles. The van der Waals surface area contributed by atoms with Crippen LogP contribution in [0.5, 0.6) is 0 Å². The molecule has 0 heterocycles. The molecular weight excluding hydrogens is 208 g/mol. The fourth-order valence-electron chi connectivity index (χ4n) is 2.51. The molecule has 0 aromatic heterocycles. The van der Waals surface area contributed by atoms with E-state index in [0.29, 0.717) is 11.5 Å². The minimum absolute atomic E-state index is 0.414. The summed E-state index contributed by atoms with van der Waals surface area (Å²) in [6.45, 7) is 15.2. The average molecular weight is 240 g/mol. The Kier molecular flexibility index (Phi) is 5.46. The molecule has 1 fully saturated rings. The monoisotopic (exact) mass is 240 g/mol. The summed E-state index contributed by atoms with van der Waals surface area (Å²) in [7, 11) is 2.29. The second kappa shape index (κ2) is 6.19. The third kappa shape index (κ3) is 5.39. The standard InChI is InChI=1S/C15H32N2/c1-7-15(5,10-16-12(2)3)11-17(6)9-14-8-13(14)4/h12-14,16H,7-11H2,1-6H3. The number of nitrogens with zero attached hydrogens (tertiary/aromatic N) is 1. The second-order valence-corrected chi connectivity index (χ2v) is 6.87. The molecule has 1 saturated carbocycles. The van der Waals surface area contributed by atoms with Crippen LogP contribution in [0.25, 0.3) is 0 Å². The third-order valence-electron chi connectivity index (χ3n) is 4.26. The first kappa shape index (κ1) is 15.0. The Morgan fingerprint density at radius 3 is 2.41 bits per heavy atom. The molecule has 0 spiro atoms. The van der Waals surface area contributed by atoms with Gasteiger partial charge >= 0.3 is 0 Å². The lowest BCUT2D eigenvalue weighted by atomic mass is 9.86. The van der Waals surface area contributed by atoms with Crippen molar-refractivity contribution in [1.29, 1.82) is 0 Å². The minimum Gasteiger partial charge on any atom is -0.314 e. The summed E-state index contributed by atoms with van der Waals surface area (Å²) in [5.41, 5.74) is 0.414. The zero-order valence-corrected chi connectivity index (χ0v) is 12.7. The maximum absolute atomic E-state index is 3.59. The number of hydrogen-bond acceptors (Lipinski definition) is 2. The predicted molar refractivity (Wildman–Crippen MR) is 76.3 cm³/mol. The van der Waals surface area contributed by atoms with E-state index >= 15 is 0 Å². The molecule has 0 radical (unpaired) electrons. The largest absolute Gasteiger partial charge is 0.314 e. The normalized spacial score (nSPS) is 27.5. The van der Waals surface area contributed by atoms with Crippen LogP contribution in [0.2, 0.25) is 0 Å². The lowest BCUT2D eigenvalue weighted by molar-refractivity contribution is 0.171. The van der Waals surface area contributed by atoms with Gasteiger partial charge in [0.2, 0.25) is 0 Å². The van der Waals surface area contributed by atoms with E-state index in [9.17, 15) is 0 Å². The van der Waals surface area contributed by atoms with Crippen LogP contribution in [0.4, 0.5) is 0 Å². The molecular formula is C15H32N2. The smallest absolute Gasteiger partial charge is 0.00444 e. The SMILES string of the molecule is CCC(C)(CNC(C)C)CN(C)CC1CC1C. The Hall–Kier alpha value is -0.0800. The highest BCUT2D eigenvalue weighted by Gasteiger charge is 2.34. The van der Waals surface area contributed by atoms with Gasteiger partial charge in [0.05, 0.1) is 0 Å². The van der Waals surface area contributed by atoms with Gasteiger partial charge in [-0.3, -0.25) is 0 Å². The highest BCUT2D eigenvalue weighted by Crippen LogP contribution is 2.38. The highest BCUT2D eigenvalue weighted by molar-refractivity contribution is 4.86. The van der Waals surface area contributed by atoms with Crippen molar-refractivity contribution in [3.63, 3.8) is 0 Å². The van der Waals surface area contributed by atoms with Crippen LogP contribution in [0.15, 0.2) is 0 Å². The van der Waals surface area contributed by atoms with E-state index in [1.165, 1.54) is 25.9 Å². The van der Waals surface area contributed by atoms with Gasteiger partial charge in [0, 0.05) is 25.7 Å². The van der Waals surface area contributed by atoms with Crippen LogP contribution in [0, 0.1) is 17.3 Å². The van der Waals surface area contributed by atoms with Crippen LogP contribution in [-0.2, 0) is 0 Å². The van der Waals surface area contributed by atoms with E-state index in [1.54, 1.807) is 0 Å². The van der Waals surface area contributed by atoms with E-state index < -0.39 is 0 Å². The van der Waals surface area contributed by atoms with E-state index in [2.05, 4.69) is 51.9 Å². The van der Waals surface area contributed by atoms with Crippen molar-refractivity contribution in [2.24, 2.45) is 17.3 Å². The van der Waals surface area contributed by atoms with Gasteiger partial charge in [0.15, 0.2) is 0 Å². The van der Waals surface area contributed by atoms with E-state index in [0.717, 1.165) is 18.4 Å². The highest BCUT2D eigenvalue weighted by atomic mass is 15.1. The molecule has 1 aliphatic rings. The Balaban J connectivity index is 2.32. The molecule has 2 nitrogen and oxygen atoms in total. The Bertz CT molecular complexity index is 227. The molecule has 0 amide bonds. The molecule has 3 atom stereocenters. The van der Waals surface area contributed by atoms with Crippen LogP contribution in [-0.4, -0.2) is 37.6 Å². The third-order valence-corrected chi connectivity index (χ3v) is 4.26. The summed E-state index contributed by atoms with van der Waals surface area (Å²) in [6.07, 6.45) is 2.69. The molecule has 1 aliphatic carbocycles. The van der Waals surface area contributed by atoms with Gasteiger partial charge in [-0.2, -0.15) is 0 Å². The Morgan fingerprint density at radius 1 is 1.41 bits per heavy atom. The number of hydrogen-bond donors (Lipinski definition) is 1. The van der Waals surface area contributed by atoms with Crippen molar-refractivity contribution in [1.82, 2.24) is 10.2 Å². The van der Waals surface area contributed by atoms with Crippen LogP contribution < -0.4 is 5.32 Å². The van der Waals surface area contributed by atoms with Crippen LogP contribution >= 0.6 is 0 Å². The van der Waals surface area contributed by atoms with Crippen molar-refractivity contribution < 1.29 is 0 Å². The van der Waals surface area contributed by atoms with E-state index in [1.807, 2.05) is 0 Å². The summed E-state index contributed by atoms with van der Waals surface area (Å²) in [5.74, 6) is 1.94. The summed E-state index contributed by atoms with van der Waals surface area (Å²) in [6, 6.07) is 0.592. The number of rotatable bonds is 8. The van der Waals surface area contributed by atoms with Gasteiger partial charge < -0.3 is 10.2 Å². The maximum Gasteiger partial charge on any atom is 0.00444 e. The summed E-state index contributed by atoms with van der Waals surface area (Å²) < 4.78 is 0. The van der Waals surface area contributed by atoms with Gasteiger partial charge in [0.1, 0.15) is 0 Å². The number of nitrogens with one attached hydrogen (secondary N) is 1. The average Bonchev–Trinajstić information content (AvgIpc) is 2.91. The van der Waals surface area contributed by atoms with Crippen molar-refractivity contribution >= 4 is 0 Å². The maximum atomic E-state index is 3.59. The lowest BCUT2D eigenvalue weighted by Crippen LogP contribution is -2.43. The first-order valence-electron chi connectivity index (χ1n) is 7.28. The van der Waals surface area contributed by atoms with Gasteiger partial charge in [-0.1, -0.05) is 34.6 Å². The molecule has 2 heteroatoms. The fourth-order valence-corrected chi connectivity index (χ4v) is 2.51. The topological polar surface area (TPSA) is 15.3 Å². The zero-order chi connectivity index (χ0) is 13.1. The molecule has 102 valence electrons. The van der Waals surface area contributed by atoms with Crippen molar-refractivity contribution in [2.45, 2.75) is 53.5 Å². The fraction of sp³-hybridized carbons (Fsp3) is 1.00. The summed E-state index contributed by atoms with van der Waals surface area (Å²) in [4.78, 5) is 2.54. The quantitative estimate of drug-likeness (QED) is 0.701. The molecule has 17 heavy (non-hydrogen) atoms. The van der Waals surface area contributed by atoms with Gasteiger partial charge in [-0.05, 0) is 37.1 Å². The molecule has 0 aromatic carbocycles. The van der Waals surface area contributed by atoms with Crippen molar-refractivity contribution in [3.8, 4) is 0 Å². The van der Waals surface area contributed by atoms with Crippen LogP contribution in [0.3, 0.4) is 0 Å². The lowest BCUT2D eigenvalue weighted by Gasteiger charge is -2.34. The van der Waals surface area contributed by atoms with E-state index in [4.69, 9.17) is 0 Å². The molecule has 1 rings (SSSR count). The zero-order valence-electron chi connectivity index (χ0n) is 12.7. The first-order valence-corrected chi connectivity index (χ1v) is 7.28. The molecule has 1 N–H and O–H groups in total. The first-order chi connectivity index (χ1) is 7.86. The molecule has 3 unspecified atom stereocenters. The minimum atomic E-state index is 0.414. The molecule has 0 bridgehead atoms. The molecule has 0 aliphatic heterocycles. The predicted octanol–water partition coefficient (Wildman–Crippen LogP) is 2.99. The van der Waals surface area contributed by atoms with E-state index in [-0.39, 0.29) is 0 Å². The van der Waals surface area contributed by atoms with Crippen molar-refractivity contribution in [2.75, 3.05) is 26.7 Å².